The van der Waals surface area contributed by atoms with Crippen LogP contribution in [0.15, 0.2) is 101 Å². The highest BCUT2D eigenvalue weighted by molar-refractivity contribution is 7.89. The third kappa shape index (κ3) is 4.68. The van der Waals surface area contributed by atoms with E-state index in [1.165, 1.54) is 29.6 Å². The van der Waals surface area contributed by atoms with Crippen molar-refractivity contribution in [2.75, 3.05) is 11.6 Å². The molecule has 8 nitrogen and oxygen atoms in total. The fraction of sp³-hybridized carbons (Fsp3) is 0.0455. The number of amides is 1. The van der Waals surface area contributed by atoms with E-state index in [1.807, 2.05) is 0 Å². The first-order valence-electron chi connectivity index (χ1n) is 9.30. The van der Waals surface area contributed by atoms with Crippen molar-refractivity contribution in [1.82, 2.24) is 14.7 Å². The molecule has 0 aliphatic heterocycles. The SMILES string of the molecule is O=C(c1ccccc1)N(CNS(=O)(=O)c1ccc(-c2cnco2)cc1)c1cccnc1. The maximum Gasteiger partial charge on any atom is 0.259 e. The van der Waals surface area contributed by atoms with Gasteiger partial charge in [-0.1, -0.05) is 18.2 Å². The van der Waals surface area contributed by atoms with Crippen molar-refractivity contribution in [3.8, 4) is 11.3 Å². The summed E-state index contributed by atoms with van der Waals surface area (Å²) in [6.45, 7) is -0.258. The Kier molecular flexibility index (Phi) is 5.87. The third-order valence-corrected chi connectivity index (χ3v) is 5.92. The number of benzene rings is 2. The molecule has 0 bridgehead atoms. The minimum Gasteiger partial charge on any atom is -0.444 e. The van der Waals surface area contributed by atoms with Crippen LogP contribution in [-0.2, 0) is 10.0 Å². The molecular weight excluding hydrogens is 416 g/mol. The van der Waals surface area contributed by atoms with Crippen LogP contribution in [0, 0.1) is 0 Å². The molecule has 0 radical (unpaired) electrons. The topological polar surface area (TPSA) is 105 Å². The molecule has 9 heteroatoms. The number of hydrogen-bond acceptors (Lipinski definition) is 6. The summed E-state index contributed by atoms with van der Waals surface area (Å²) < 4.78 is 33.4. The zero-order valence-electron chi connectivity index (χ0n) is 16.3. The first kappa shape index (κ1) is 20.5. The molecule has 0 aliphatic carbocycles. The van der Waals surface area contributed by atoms with Gasteiger partial charge in [0.15, 0.2) is 12.2 Å². The van der Waals surface area contributed by atoms with Gasteiger partial charge in [-0.15, -0.1) is 0 Å². The number of rotatable bonds is 7. The maximum atomic E-state index is 13.0. The number of nitrogens with zero attached hydrogens (tertiary/aromatic N) is 3. The summed E-state index contributed by atoms with van der Waals surface area (Å²) in [5, 5.41) is 0. The number of carbonyl (C=O) groups excluding carboxylic acids is 1. The Hall–Kier alpha value is -3.82. The van der Waals surface area contributed by atoms with Crippen LogP contribution in [-0.4, -0.2) is 31.0 Å². The van der Waals surface area contributed by atoms with Gasteiger partial charge in [-0.3, -0.25) is 14.7 Å². The Bertz CT molecular complexity index is 1240. The maximum absolute atomic E-state index is 13.0. The van der Waals surface area contributed by atoms with E-state index in [0.717, 1.165) is 0 Å². The first-order valence-corrected chi connectivity index (χ1v) is 10.8. The van der Waals surface area contributed by atoms with Crippen molar-refractivity contribution in [3.05, 3.63) is 97.3 Å². The van der Waals surface area contributed by atoms with E-state index in [4.69, 9.17) is 4.42 Å². The highest BCUT2D eigenvalue weighted by atomic mass is 32.2. The molecule has 0 aliphatic rings. The van der Waals surface area contributed by atoms with E-state index in [1.54, 1.807) is 67.0 Å². The predicted octanol–water partition coefficient (Wildman–Crippen LogP) is 3.32. The summed E-state index contributed by atoms with van der Waals surface area (Å²) in [7, 11) is -3.88. The second-order valence-electron chi connectivity index (χ2n) is 6.51. The first-order chi connectivity index (χ1) is 15.0. The molecule has 2 heterocycles. The van der Waals surface area contributed by atoms with E-state index < -0.39 is 10.0 Å². The Balaban J connectivity index is 1.55. The molecule has 156 valence electrons. The fourth-order valence-corrected chi connectivity index (χ4v) is 3.88. The van der Waals surface area contributed by atoms with Gasteiger partial charge < -0.3 is 4.42 Å². The van der Waals surface area contributed by atoms with Crippen LogP contribution in [0.4, 0.5) is 5.69 Å². The molecule has 4 rings (SSSR count). The molecular formula is C22H18N4O4S. The molecule has 0 saturated carbocycles. The number of oxazole rings is 1. The van der Waals surface area contributed by atoms with E-state index in [-0.39, 0.29) is 17.5 Å². The molecule has 1 amide bonds. The van der Waals surface area contributed by atoms with Crippen molar-refractivity contribution < 1.29 is 17.6 Å². The van der Waals surface area contributed by atoms with E-state index in [9.17, 15) is 13.2 Å². The fourth-order valence-electron chi connectivity index (χ4n) is 2.92. The van der Waals surface area contributed by atoms with Gasteiger partial charge >= 0.3 is 0 Å². The number of nitrogens with one attached hydrogen (secondary N) is 1. The van der Waals surface area contributed by atoms with Crippen molar-refractivity contribution in [3.63, 3.8) is 0 Å². The molecule has 0 fully saturated rings. The average molecular weight is 434 g/mol. The Morgan fingerprint density at radius 2 is 1.71 bits per heavy atom. The van der Waals surface area contributed by atoms with Gasteiger partial charge in [0.1, 0.15) is 0 Å². The molecule has 2 aromatic carbocycles. The molecule has 31 heavy (non-hydrogen) atoms. The second kappa shape index (κ2) is 8.90. The largest absolute Gasteiger partial charge is 0.444 e. The van der Waals surface area contributed by atoms with Gasteiger partial charge in [0, 0.05) is 17.3 Å². The van der Waals surface area contributed by atoms with Crippen molar-refractivity contribution in [1.29, 1.82) is 0 Å². The highest BCUT2D eigenvalue weighted by Crippen LogP contribution is 2.21. The monoisotopic (exact) mass is 434 g/mol. The number of carbonyl (C=O) groups is 1. The minimum atomic E-state index is -3.88. The van der Waals surface area contributed by atoms with Gasteiger partial charge in [-0.25, -0.2) is 13.4 Å². The lowest BCUT2D eigenvalue weighted by Crippen LogP contribution is -2.41. The number of aromatic nitrogens is 2. The lowest BCUT2D eigenvalue weighted by atomic mass is 10.2. The standard InChI is InChI=1S/C22H18N4O4S/c27-22(18-5-2-1-3-6-18)26(19-7-4-12-23-13-19)15-25-31(28,29)20-10-8-17(9-11-20)21-14-24-16-30-21/h1-14,16,25H,15H2. The lowest BCUT2D eigenvalue weighted by Gasteiger charge is -2.23. The zero-order chi connectivity index (χ0) is 21.7. The third-order valence-electron chi connectivity index (χ3n) is 4.52. The molecule has 4 aromatic rings. The Morgan fingerprint density at radius 3 is 2.35 bits per heavy atom. The van der Waals surface area contributed by atoms with Gasteiger partial charge in [0.25, 0.3) is 5.91 Å². The number of anilines is 1. The number of hydrogen-bond donors (Lipinski definition) is 1. The molecule has 0 unspecified atom stereocenters. The second-order valence-corrected chi connectivity index (χ2v) is 8.27. The quantitative estimate of drug-likeness (QED) is 0.448. The number of pyridine rings is 1. The van der Waals surface area contributed by atoms with Gasteiger partial charge in [0.05, 0.1) is 29.6 Å². The molecule has 0 atom stereocenters. The summed E-state index contributed by atoms with van der Waals surface area (Å²) in [6, 6.07) is 18.2. The van der Waals surface area contributed by atoms with Gasteiger partial charge in [-0.05, 0) is 48.5 Å². The Labute approximate surface area is 179 Å². The summed E-state index contributed by atoms with van der Waals surface area (Å²) >= 11 is 0. The Morgan fingerprint density at radius 1 is 0.935 bits per heavy atom. The summed E-state index contributed by atoms with van der Waals surface area (Å²) in [4.78, 5) is 22.3. The average Bonchev–Trinajstić information content (AvgIpc) is 3.35. The van der Waals surface area contributed by atoms with Crippen molar-refractivity contribution >= 4 is 21.6 Å². The predicted molar refractivity (Wildman–Crippen MR) is 115 cm³/mol. The molecule has 1 N–H and O–H groups in total. The van der Waals surface area contributed by atoms with Crippen LogP contribution >= 0.6 is 0 Å². The van der Waals surface area contributed by atoms with Crippen LogP contribution in [0.2, 0.25) is 0 Å². The van der Waals surface area contributed by atoms with Gasteiger partial charge in [0.2, 0.25) is 10.0 Å². The number of sulfonamides is 1. The van der Waals surface area contributed by atoms with Crippen LogP contribution < -0.4 is 9.62 Å². The zero-order valence-corrected chi connectivity index (χ0v) is 17.1. The van der Waals surface area contributed by atoms with E-state index in [2.05, 4.69) is 14.7 Å². The molecule has 0 saturated heterocycles. The minimum absolute atomic E-state index is 0.0639. The molecule has 2 aromatic heterocycles. The van der Waals surface area contributed by atoms with Crippen LogP contribution in [0.1, 0.15) is 10.4 Å². The van der Waals surface area contributed by atoms with Gasteiger partial charge in [-0.2, -0.15) is 4.72 Å². The van der Waals surface area contributed by atoms with Crippen molar-refractivity contribution in [2.45, 2.75) is 4.90 Å². The normalized spacial score (nSPS) is 11.2. The van der Waals surface area contributed by atoms with Crippen LogP contribution in [0.3, 0.4) is 0 Å². The smallest absolute Gasteiger partial charge is 0.259 e. The highest BCUT2D eigenvalue weighted by Gasteiger charge is 2.21. The lowest BCUT2D eigenvalue weighted by molar-refractivity contribution is 0.0986. The van der Waals surface area contributed by atoms with E-state index >= 15 is 0 Å². The van der Waals surface area contributed by atoms with E-state index in [0.29, 0.717) is 22.6 Å². The summed E-state index contributed by atoms with van der Waals surface area (Å²) in [5.74, 6) is 0.185. The molecule has 0 spiro atoms. The van der Waals surface area contributed by atoms with Crippen molar-refractivity contribution in [2.24, 2.45) is 0 Å². The summed E-state index contributed by atoms with van der Waals surface area (Å²) in [6.07, 6.45) is 5.93. The van der Waals surface area contributed by atoms with Crippen LogP contribution in [0.5, 0.6) is 0 Å². The summed E-state index contributed by atoms with van der Waals surface area (Å²) in [5.41, 5.74) is 1.61. The van der Waals surface area contributed by atoms with Crippen LogP contribution in [0.25, 0.3) is 11.3 Å².